The van der Waals surface area contributed by atoms with E-state index in [1.165, 1.54) is 0 Å². The average molecular weight is 347 g/mol. The molecule has 2 aromatic rings. The molecule has 1 aliphatic carbocycles. The second kappa shape index (κ2) is 7.49. The standard InChI is InChI=1S/C17H19ClN4O2/c1-24-13-4-2-3-12(9-13)17(23)20-8-7-19-15-10-14(18)21-16(22-15)11-5-6-11/h2-4,9-11H,5-8H2,1H3,(H,20,23)(H,19,21,22). The number of nitrogens with one attached hydrogen (secondary N) is 2. The fraction of sp³-hybridized carbons (Fsp3) is 0.353. The van der Waals surface area contributed by atoms with Gasteiger partial charge < -0.3 is 15.4 Å². The molecule has 1 fully saturated rings. The van der Waals surface area contributed by atoms with Crippen LogP contribution in [0.5, 0.6) is 5.75 Å². The molecule has 0 atom stereocenters. The summed E-state index contributed by atoms with van der Waals surface area (Å²) in [6.07, 6.45) is 2.24. The van der Waals surface area contributed by atoms with Gasteiger partial charge in [0, 0.05) is 30.6 Å². The molecule has 1 saturated carbocycles. The van der Waals surface area contributed by atoms with Crippen molar-refractivity contribution < 1.29 is 9.53 Å². The SMILES string of the molecule is COc1cccc(C(=O)NCCNc2cc(Cl)nc(C3CC3)n2)c1. The van der Waals surface area contributed by atoms with Gasteiger partial charge in [-0.1, -0.05) is 17.7 Å². The van der Waals surface area contributed by atoms with Crippen LogP contribution in [0.1, 0.15) is 34.9 Å². The highest BCUT2D eigenvalue weighted by molar-refractivity contribution is 6.29. The lowest BCUT2D eigenvalue weighted by Gasteiger charge is -2.09. The van der Waals surface area contributed by atoms with E-state index in [0.717, 1.165) is 18.7 Å². The van der Waals surface area contributed by atoms with Crippen LogP contribution in [0, 0.1) is 0 Å². The van der Waals surface area contributed by atoms with Crippen molar-refractivity contribution in [2.24, 2.45) is 0 Å². The van der Waals surface area contributed by atoms with E-state index in [0.29, 0.717) is 41.3 Å². The first-order valence-corrected chi connectivity index (χ1v) is 8.24. The highest BCUT2D eigenvalue weighted by Crippen LogP contribution is 2.38. The molecule has 3 rings (SSSR count). The lowest BCUT2D eigenvalue weighted by atomic mass is 10.2. The van der Waals surface area contributed by atoms with Crippen molar-refractivity contribution in [2.75, 3.05) is 25.5 Å². The highest BCUT2D eigenvalue weighted by atomic mass is 35.5. The van der Waals surface area contributed by atoms with Crippen molar-refractivity contribution in [2.45, 2.75) is 18.8 Å². The number of carbonyl (C=O) groups excluding carboxylic acids is 1. The molecular formula is C17H19ClN4O2. The van der Waals surface area contributed by atoms with Gasteiger partial charge in [-0.3, -0.25) is 4.79 Å². The molecule has 1 aromatic carbocycles. The first-order chi connectivity index (χ1) is 11.7. The maximum absolute atomic E-state index is 12.1. The Morgan fingerprint density at radius 1 is 1.29 bits per heavy atom. The number of ether oxygens (including phenoxy) is 1. The molecule has 0 radical (unpaired) electrons. The Labute approximate surface area is 145 Å². The molecule has 6 nitrogen and oxygen atoms in total. The number of amides is 1. The maximum atomic E-state index is 12.1. The second-order valence-corrected chi connectivity index (χ2v) is 6.01. The molecule has 1 aromatic heterocycles. The van der Waals surface area contributed by atoms with Crippen LogP contribution in [-0.2, 0) is 0 Å². The second-order valence-electron chi connectivity index (χ2n) is 5.62. The molecule has 1 aliphatic rings. The first kappa shape index (κ1) is 16.5. The van der Waals surface area contributed by atoms with Crippen LogP contribution >= 0.6 is 11.6 Å². The third kappa shape index (κ3) is 4.35. The van der Waals surface area contributed by atoms with E-state index in [9.17, 15) is 4.79 Å². The van der Waals surface area contributed by atoms with Gasteiger partial charge in [-0.2, -0.15) is 0 Å². The van der Waals surface area contributed by atoms with Gasteiger partial charge >= 0.3 is 0 Å². The van der Waals surface area contributed by atoms with Gasteiger partial charge in [-0.15, -0.1) is 0 Å². The zero-order valence-electron chi connectivity index (χ0n) is 13.4. The van der Waals surface area contributed by atoms with Gasteiger partial charge in [-0.05, 0) is 31.0 Å². The number of nitrogens with zero attached hydrogens (tertiary/aromatic N) is 2. The summed E-state index contributed by atoms with van der Waals surface area (Å²) in [5.41, 5.74) is 0.565. The van der Waals surface area contributed by atoms with Crippen molar-refractivity contribution in [3.63, 3.8) is 0 Å². The maximum Gasteiger partial charge on any atom is 0.251 e. The van der Waals surface area contributed by atoms with Gasteiger partial charge in [-0.25, -0.2) is 9.97 Å². The molecule has 1 amide bonds. The normalized spacial score (nSPS) is 13.4. The number of benzene rings is 1. The van der Waals surface area contributed by atoms with Crippen LogP contribution in [0.4, 0.5) is 5.82 Å². The minimum Gasteiger partial charge on any atom is -0.497 e. The molecule has 24 heavy (non-hydrogen) atoms. The fourth-order valence-corrected chi connectivity index (χ4v) is 2.47. The van der Waals surface area contributed by atoms with Gasteiger partial charge in [0.1, 0.15) is 22.5 Å². The number of aromatic nitrogens is 2. The minimum absolute atomic E-state index is 0.143. The molecule has 0 saturated heterocycles. The lowest BCUT2D eigenvalue weighted by molar-refractivity contribution is 0.0955. The van der Waals surface area contributed by atoms with Gasteiger partial charge in [0.05, 0.1) is 7.11 Å². The van der Waals surface area contributed by atoms with E-state index in [1.54, 1.807) is 37.4 Å². The summed E-state index contributed by atoms with van der Waals surface area (Å²) in [7, 11) is 1.57. The molecule has 0 spiro atoms. The summed E-state index contributed by atoms with van der Waals surface area (Å²) in [6, 6.07) is 8.73. The Kier molecular flexibility index (Phi) is 5.15. The number of halogens is 1. The molecule has 126 valence electrons. The predicted octanol–water partition coefficient (Wildman–Crippen LogP) is 2.86. The zero-order valence-corrected chi connectivity index (χ0v) is 14.1. The molecule has 0 bridgehead atoms. The van der Waals surface area contributed by atoms with Crippen LogP contribution in [0.25, 0.3) is 0 Å². The predicted molar refractivity (Wildman–Crippen MR) is 92.8 cm³/mol. The molecule has 7 heteroatoms. The van der Waals surface area contributed by atoms with Crippen LogP contribution in [-0.4, -0.2) is 36.1 Å². The number of methoxy groups -OCH3 is 1. The first-order valence-electron chi connectivity index (χ1n) is 7.86. The topological polar surface area (TPSA) is 76.1 Å². The largest absolute Gasteiger partial charge is 0.497 e. The van der Waals surface area contributed by atoms with E-state index < -0.39 is 0 Å². The number of hydrogen-bond acceptors (Lipinski definition) is 5. The smallest absolute Gasteiger partial charge is 0.251 e. The van der Waals surface area contributed by atoms with Crippen LogP contribution in [0.2, 0.25) is 5.15 Å². The summed E-state index contributed by atoms with van der Waals surface area (Å²) < 4.78 is 5.12. The van der Waals surface area contributed by atoms with Crippen LogP contribution in [0.15, 0.2) is 30.3 Å². The van der Waals surface area contributed by atoms with Crippen molar-refractivity contribution in [1.29, 1.82) is 0 Å². The Balaban J connectivity index is 1.49. The van der Waals surface area contributed by atoms with Crippen molar-refractivity contribution >= 4 is 23.3 Å². The Morgan fingerprint density at radius 3 is 2.88 bits per heavy atom. The third-order valence-corrected chi connectivity index (χ3v) is 3.90. The zero-order chi connectivity index (χ0) is 16.9. The summed E-state index contributed by atoms with van der Waals surface area (Å²) >= 11 is 6.02. The number of rotatable bonds is 7. The summed E-state index contributed by atoms with van der Waals surface area (Å²) in [4.78, 5) is 20.8. The van der Waals surface area contributed by atoms with Crippen molar-refractivity contribution in [3.8, 4) is 5.75 Å². The lowest BCUT2D eigenvalue weighted by Crippen LogP contribution is -2.28. The Morgan fingerprint density at radius 2 is 2.12 bits per heavy atom. The Bertz CT molecular complexity index is 734. The number of carbonyl (C=O) groups is 1. The van der Waals surface area contributed by atoms with Gasteiger partial charge in [0.15, 0.2) is 0 Å². The van der Waals surface area contributed by atoms with E-state index >= 15 is 0 Å². The molecule has 0 unspecified atom stereocenters. The number of anilines is 1. The van der Waals surface area contributed by atoms with E-state index in [2.05, 4.69) is 20.6 Å². The van der Waals surface area contributed by atoms with Gasteiger partial charge in [0.25, 0.3) is 5.91 Å². The quantitative estimate of drug-likeness (QED) is 0.595. The number of hydrogen-bond donors (Lipinski definition) is 2. The molecule has 0 aliphatic heterocycles. The third-order valence-electron chi connectivity index (χ3n) is 3.70. The molecule has 1 heterocycles. The minimum atomic E-state index is -0.143. The molecule has 2 N–H and O–H groups in total. The van der Waals surface area contributed by atoms with Crippen LogP contribution < -0.4 is 15.4 Å². The van der Waals surface area contributed by atoms with E-state index in [-0.39, 0.29) is 5.91 Å². The fourth-order valence-electron chi connectivity index (χ4n) is 2.28. The monoisotopic (exact) mass is 346 g/mol. The summed E-state index contributed by atoms with van der Waals surface area (Å²) in [6.45, 7) is 1.02. The van der Waals surface area contributed by atoms with Crippen LogP contribution in [0.3, 0.4) is 0 Å². The van der Waals surface area contributed by atoms with Gasteiger partial charge in [0.2, 0.25) is 0 Å². The average Bonchev–Trinajstić information content (AvgIpc) is 3.43. The van der Waals surface area contributed by atoms with Crippen molar-refractivity contribution in [1.82, 2.24) is 15.3 Å². The van der Waals surface area contributed by atoms with Crippen molar-refractivity contribution in [3.05, 3.63) is 46.9 Å². The Hall–Kier alpha value is -2.34. The molecular weight excluding hydrogens is 328 g/mol. The summed E-state index contributed by atoms with van der Waals surface area (Å²) in [5.74, 6) is 2.44. The van der Waals surface area contributed by atoms with E-state index in [1.807, 2.05) is 0 Å². The highest BCUT2D eigenvalue weighted by Gasteiger charge is 2.27. The van der Waals surface area contributed by atoms with E-state index in [4.69, 9.17) is 16.3 Å². The summed E-state index contributed by atoms with van der Waals surface area (Å²) in [5, 5.41) is 6.45.